The van der Waals surface area contributed by atoms with E-state index in [0.717, 1.165) is 16.0 Å². The number of hydrazone groups is 1. The molecule has 2 aromatic heterocycles. The van der Waals surface area contributed by atoms with Gasteiger partial charge in [-0.15, -0.1) is 0 Å². The highest BCUT2D eigenvalue weighted by molar-refractivity contribution is 6.30. The zero-order valence-electron chi connectivity index (χ0n) is 16.7. The molecule has 0 bridgehead atoms. The molecule has 1 aliphatic heterocycles. The van der Waals surface area contributed by atoms with Crippen LogP contribution in [0.2, 0.25) is 5.02 Å². The zero-order chi connectivity index (χ0) is 20.9. The third kappa shape index (κ3) is 3.11. The van der Waals surface area contributed by atoms with Crippen molar-refractivity contribution in [1.29, 1.82) is 0 Å². The molecule has 3 aromatic rings. The van der Waals surface area contributed by atoms with E-state index in [-0.39, 0.29) is 11.6 Å². The molecule has 0 amide bonds. The van der Waals surface area contributed by atoms with Crippen molar-refractivity contribution < 1.29 is 0 Å². The maximum atomic E-state index is 12.8. The second-order valence-corrected chi connectivity index (χ2v) is 7.57. The van der Waals surface area contributed by atoms with Gasteiger partial charge in [0.2, 0.25) is 5.95 Å². The summed E-state index contributed by atoms with van der Waals surface area (Å²) >= 11 is 5.92. The number of hydrogen-bond acceptors (Lipinski definition) is 6. The molecule has 1 aromatic carbocycles. The van der Waals surface area contributed by atoms with Crippen LogP contribution in [0, 0.1) is 0 Å². The first-order valence-electron chi connectivity index (χ1n) is 9.29. The Hall–Kier alpha value is -3.07. The van der Waals surface area contributed by atoms with Gasteiger partial charge in [0.05, 0.1) is 18.3 Å². The van der Waals surface area contributed by atoms with E-state index in [4.69, 9.17) is 11.6 Å². The van der Waals surface area contributed by atoms with Crippen LogP contribution in [0.5, 0.6) is 0 Å². The average molecular weight is 416 g/mol. The molecule has 3 heterocycles. The lowest BCUT2D eigenvalue weighted by molar-refractivity contribution is 0.638. The van der Waals surface area contributed by atoms with Gasteiger partial charge < -0.3 is 5.32 Å². The number of aromatic nitrogens is 4. The minimum Gasteiger partial charge on any atom is -0.383 e. The highest BCUT2D eigenvalue weighted by Gasteiger charge is 2.30. The van der Waals surface area contributed by atoms with Crippen LogP contribution in [-0.4, -0.2) is 37.5 Å². The second kappa shape index (κ2) is 7.07. The first-order chi connectivity index (χ1) is 13.8. The summed E-state index contributed by atoms with van der Waals surface area (Å²) in [6.45, 7) is 5.03. The lowest BCUT2D eigenvalue weighted by atomic mass is 10.2. The summed E-state index contributed by atoms with van der Waals surface area (Å²) in [4.78, 5) is 29.7. The Morgan fingerprint density at radius 1 is 1.14 bits per heavy atom. The van der Waals surface area contributed by atoms with Crippen LogP contribution in [0.1, 0.15) is 19.9 Å². The van der Waals surface area contributed by atoms with E-state index in [0.29, 0.717) is 35.2 Å². The molecule has 0 spiro atoms. The maximum absolute atomic E-state index is 12.8. The summed E-state index contributed by atoms with van der Waals surface area (Å²) in [7, 11) is 3.10. The summed E-state index contributed by atoms with van der Waals surface area (Å²) in [6, 6.07) is 7.32. The molecule has 1 N–H and O–H groups in total. The van der Waals surface area contributed by atoms with Crippen molar-refractivity contribution >= 4 is 40.1 Å². The number of rotatable bonds is 4. The fraction of sp³-hybridized carbons (Fsp3) is 0.368. The molecule has 0 fully saturated rings. The number of aryl methyl sites for hydroxylation is 1. The number of hydrogen-bond donors (Lipinski definition) is 1. The summed E-state index contributed by atoms with van der Waals surface area (Å²) in [5, 5.41) is 10.4. The third-order valence-corrected chi connectivity index (χ3v) is 5.52. The molecular formula is C19H22ClN7O2. The fourth-order valence-corrected chi connectivity index (χ4v) is 3.61. The Balaban J connectivity index is 1.72. The zero-order valence-corrected chi connectivity index (χ0v) is 17.4. The fourth-order valence-electron chi connectivity index (χ4n) is 3.48. The van der Waals surface area contributed by atoms with Gasteiger partial charge in [-0.25, -0.2) is 9.80 Å². The predicted octanol–water partition coefficient (Wildman–Crippen LogP) is 1.96. The van der Waals surface area contributed by atoms with Crippen molar-refractivity contribution in [1.82, 2.24) is 18.7 Å². The van der Waals surface area contributed by atoms with Gasteiger partial charge in [0, 0.05) is 31.4 Å². The Morgan fingerprint density at radius 2 is 1.83 bits per heavy atom. The maximum Gasteiger partial charge on any atom is 0.332 e. The summed E-state index contributed by atoms with van der Waals surface area (Å²) in [5.74, 6) is 0.550. The Labute approximate surface area is 171 Å². The molecule has 0 saturated heterocycles. The quantitative estimate of drug-likeness (QED) is 0.703. The minimum atomic E-state index is -0.404. The largest absolute Gasteiger partial charge is 0.383 e. The van der Waals surface area contributed by atoms with Crippen molar-refractivity contribution in [3.8, 4) is 0 Å². The molecule has 29 heavy (non-hydrogen) atoms. The molecule has 1 atom stereocenters. The SMILES string of the molecule is CC1=NN(CCNc2ccc(Cl)cc2)c2nc3c(c(=O)n(C)c(=O)n3C)n2[C@@H]1C. The van der Waals surface area contributed by atoms with Crippen LogP contribution in [0.15, 0.2) is 39.0 Å². The molecule has 0 unspecified atom stereocenters. The van der Waals surface area contributed by atoms with E-state index in [2.05, 4.69) is 15.4 Å². The Kier molecular flexibility index (Phi) is 4.70. The molecule has 0 saturated carbocycles. The number of fused-ring (bicyclic) bond motifs is 3. The molecule has 152 valence electrons. The number of anilines is 2. The standard InChI is InChI=1S/C19H22ClN7O2/c1-11-12(2)27-15-16(24(3)19(29)25(4)17(15)28)22-18(27)26(23-11)10-9-21-14-7-5-13(20)6-8-14/h5-8,12,21H,9-10H2,1-4H3/t12-/m1/s1. The molecular weight excluding hydrogens is 394 g/mol. The van der Waals surface area contributed by atoms with Crippen molar-refractivity contribution in [3.63, 3.8) is 0 Å². The van der Waals surface area contributed by atoms with Crippen LogP contribution in [0.25, 0.3) is 11.2 Å². The normalized spacial score (nSPS) is 16.1. The van der Waals surface area contributed by atoms with E-state index < -0.39 is 5.69 Å². The number of halogens is 1. The van der Waals surface area contributed by atoms with Gasteiger partial charge in [-0.3, -0.25) is 18.5 Å². The van der Waals surface area contributed by atoms with Crippen LogP contribution in [0.4, 0.5) is 11.6 Å². The lowest BCUT2D eigenvalue weighted by Gasteiger charge is -2.29. The monoisotopic (exact) mass is 415 g/mol. The van der Waals surface area contributed by atoms with Crippen LogP contribution in [-0.2, 0) is 14.1 Å². The van der Waals surface area contributed by atoms with E-state index in [9.17, 15) is 9.59 Å². The lowest BCUT2D eigenvalue weighted by Crippen LogP contribution is -2.39. The molecule has 10 heteroatoms. The van der Waals surface area contributed by atoms with Crippen LogP contribution >= 0.6 is 11.6 Å². The molecule has 1 aliphatic rings. The van der Waals surface area contributed by atoms with Gasteiger partial charge in [-0.05, 0) is 38.1 Å². The topological polar surface area (TPSA) is 89.5 Å². The van der Waals surface area contributed by atoms with E-state index in [1.54, 1.807) is 12.1 Å². The van der Waals surface area contributed by atoms with Gasteiger partial charge in [0.25, 0.3) is 5.56 Å². The van der Waals surface area contributed by atoms with Crippen molar-refractivity contribution in [2.45, 2.75) is 19.9 Å². The van der Waals surface area contributed by atoms with E-state index >= 15 is 0 Å². The second-order valence-electron chi connectivity index (χ2n) is 7.13. The van der Waals surface area contributed by atoms with Gasteiger partial charge in [0.15, 0.2) is 11.2 Å². The summed E-state index contributed by atoms with van der Waals surface area (Å²) in [6.07, 6.45) is 0. The number of imidazole rings is 1. The Morgan fingerprint density at radius 3 is 2.52 bits per heavy atom. The highest BCUT2D eigenvalue weighted by Crippen LogP contribution is 2.29. The number of nitrogens with one attached hydrogen (secondary N) is 1. The molecule has 0 radical (unpaired) electrons. The summed E-state index contributed by atoms with van der Waals surface area (Å²) < 4.78 is 4.37. The first kappa shape index (κ1) is 19.3. The third-order valence-electron chi connectivity index (χ3n) is 5.27. The van der Waals surface area contributed by atoms with E-state index in [1.807, 2.05) is 42.7 Å². The number of nitrogens with zero attached hydrogens (tertiary/aromatic N) is 6. The van der Waals surface area contributed by atoms with Crippen LogP contribution < -0.4 is 21.6 Å². The van der Waals surface area contributed by atoms with Crippen molar-refractivity contribution in [2.75, 3.05) is 23.4 Å². The molecule has 9 nitrogen and oxygen atoms in total. The van der Waals surface area contributed by atoms with Gasteiger partial charge in [0.1, 0.15) is 0 Å². The average Bonchev–Trinajstić information content (AvgIpc) is 3.11. The highest BCUT2D eigenvalue weighted by atomic mass is 35.5. The summed E-state index contributed by atoms with van der Waals surface area (Å²) in [5.41, 5.74) is 1.81. The number of benzene rings is 1. The van der Waals surface area contributed by atoms with Gasteiger partial charge in [-0.2, -0.15) is 10.1 Å². The molecule has 0 aliphatic carbocycles. The van der Waals surface area contributed by atoms with Crippen molar-refractivity contribution in [2.24, 2.45) is 19.2 Å². The van der Waals surface area contributed by atoms with Crippen LogP contribution in [0.3, 0.4) is 0 Å². The van der Waals surface area contributed by atoms with E-state index in [1.165, 1.54) is 11.6 Å². The van der Waals surface area contributed by atoms with Gasteiger partial charge >= 0.3 is 5.69 Å². The minimum absolute atomic E-state index is 0.138. The molecule has 4 rings (SSSR count). The van der Waals surface area contributed by atoms with Crippen molar-refractivity contribution in [3.05, 3.63) is 50.1 Å². The Bertz CT molecular complexity index is 1240. The van der Waals surface area contributed by atoms with Gasteiger partial charge in [-0.1, -0.05) is 11.6 Å². The smallest absolute Gasteiger partial charge is 0.332 e. The predicted molar refractivity (Wildman–Crippen MR) is 115 cm³/mol. The first-order valence-corrected chi connectivity index (χ1v) is 9.67.